The minimum atomic E-state index is -1.11. The Morgan fingerprint density at radius 3 is 0.811 bits per heavy atom. The number of unbranched alkanes of at least 4 members (excludes halogenated alkanes) is 3. The summed E-state index contributed by atoms with van der Waals surface area (Å²) in [6.45, 7) is 19.6. The van der Waals surface area contributed by atoms with Gasteiger partial charge in [-0.05, 0) is 92.3 Å². The van der Waals surface area contributed by atoms with Crippen LogP contribution in [0.5, 0.6) is 0 Å². The van der Waals surface area contributed by atoms with E-state index >= 15 is 0 Å². The van der Waals surface area contributed by atoms with Gasteiger partial charge in [0.2, 0.25) is 0 Å². The van der Waals surface area contributed by atoms with Crippen LogP contribution in [-0.2, 0) is 14.4 Å². The molecule has 0 aliphatic rings. The van der Waals surface area contributed by atoms with Crippen molar-refractivity contribution in [3.63, 3.8) is 0 Å². The molecule has 0 spiro atoms. The summed E-state index contributed by atoms with van der Waals surface area (Å²) in [5.74, 6) is -3.32. The maximum absolute atomic E-state index is 9.96. The zero-order valence-electron chi connectivity index (χ0n) is 24.7. The summed E-state index contributed by atoms with van der Waals surface area (Å²) in [6.07, 6.45) is 17.2. The summed E-state index contributed by atoms with van der Waals surface area (Å²) >= 11 is 0. The summed E-state index contributed by atoms with van der Waals surface area (Å²) in [5.41, 5.74) is 1.03. The molecule has 0 bridgehead atoms. The van der Waals surface area contributed by atoms with E-state index in [1.807, 2.05) is 0 Å². The monoisotopic (exact) mass is 716 g/mol. The normalized spacial score (nSPS) is 11.9. The first kappa shape index (κ1) is 42.6. The zero-order chi connectivity index (χ0) is 28.8. The van der Waals surface area contributed by atoms with E-state index in [4.69, 9.17) is 0 Å². The predicted molar refractivity (Wildman–Crippen MR) is 148 cm³/mol. The molecular weight excluding hydrogens is 665 g/mol. The molecule has 0 aromatic heterocycles. The van der Waals surface area contributed by atoms with Gasteiger partial charge in [0.15, 0.2) is 0 Å². The molecule has 0 saturated carbocycles. The van der Waals surface area contributed by atoms with E-state index < -0.39 is 17.9 Å². The van der Waals surface area contributed by atoms with Gasteiger partial charge in [0.05, 0.1) is 17.9 Å². The summed E-state index contributed by atoms with van der Waals surface area (Å²) < 4.78 is 0. The number of carbonyl (C=O) groups is 3. The minimum Gasteiger partial charge on any atom is -0.545 e. The van der Waals surface area contributed by atoms with Gasteiger partial charge in [0.25, 0.3) is 0 Å². The van der Waals surface area contributed by atoms with Crippen LogP contribution in [0.1, 0.15) is 120 Å². The Morgan fingerprint density at radius 1 is 0.486 bits per heavy atom. The molecule has 6 nitrogen and oxygen atoms in total. The molecule has 0 N–H and O–H groups in total. The molecule has 0 aliphatic heterocycles. The van der Waals surface area contributed by atoms with Gasteiger partial charge in [-0.25, -0.2) is 0 Å². The van der Waals surface area contributed by atoms with Crippen molar-refractivity contribution >= 4 is 44.1 Å². The van der Waals surface area contributed by atoms with Gasteiger partial charge in [-0.3, -0.25) is 0 Å². The first-order chi connectivity index (χ1) is 16.2. The fourth-order valence-corrected chi connectivity index (χ4v) is 2.79. The Balaban J connectivity index is -0.000000218. The number of aliphatic carboxylic acids is 3. The topological polar surface area (TPSA) is 120 Å². The summed E-state index contributed by atoms with van der Waals surface area (Å²) in [6, 6.07) is 0. The molecule has 0 heterocycles. The Morgan fingerprint density at radius 2 is 0.676 bits per heavy atom. The fraction of sp³-hybridized carbons (Fsp3) is 0.700. The minimum absolute atomic E-state index is 0. The number of rotatable bonds is 12. The first-order valence-corrected chi connectivity index (χ1v) is 12.9. The molecule has 0 aromatic carbocycles. The van der Waals surface area contributed by atoms with Gasteiger partial charge < -0.3 is 29.7 Å². The molecule has 0 fully saturated rings. The van der Waals surface area contributed by atoms with Crippen molar-refractivity contribution < 1.29 is 29.7 Å². The zero-order valence-corrected chi connectivity index (χ0v) is 28.2. The van der Waals surface area contributed by atoms with Crippen molar-refractivity contribution in [3.8, 4) is 0 Å². The molecule has 37 heavy (non-hydrogen) atoms. The van der Waals surface area contributed by atoms with Crippen LogP contribution in [0, 0.1) is 16.2 Å². The molecule has 0 aliphatic carbocycles. The van der Waals surface area contributed by atoms with Crippen molar-refractivity contribution in [3.05, 3.63) is 36.5 Å². The Hall–Kier alpha value is -1.49. The SMILES string of the molecule is CC(C)(C)CCCC=CC(=O)[O-].CC(C)(C)CCCC=CC(=O)[O-].CC(C)(C)CCCC=CC(=O)[O-].[Bi+3]. The maximum atomic E-state index is 9.96. The van der Waals surface area contributed by atoms with Crippen molar-refractivity contribution in [2.45, 2.75) is 120 Å². The number of carbonyl (C=O) groups excluding carboxylic acids is 3. The van der Waals surface area contributed by atoms with Gasteiger partial charge in [-0.15, -0.1) is 0 Å². The van der Waals surface area contributed by atoms with Crippen LogP contribution in [0.15, 0.2) is 36.5 Å². The third-order valence-corrected chi connectivity index (χ3v) is 4.65. The second-order valence-corrected chi connectivity index (χ2v) is 12.5. The predicted octanol–water partition coefficient (Wildman–Crippen LogP) is 4.15. The summed E-state index contributed by atoms with van der Waals surface area (Å²) in [7, 11) is 0. The van der Waals surface area contributed by atoms with Crippen molar-refractivity contribution in [2.75, 3.05) is 0 Å². The quantitative estimate of drug-likeness (QED) is 0.170. The van der Waals surface area contributed by atoms with Crippen LogP contribution in [-0.4, -0.2) is 44.1 Å². The smallest absolute Gasteiger partial charge is 0.545 e. The van der Waals surface area contributed by atoms with E-state index in [9.17, 15) is 29.7 Å². The van der Waals surface area contributed by atoms with E-state index in [0.717, 1.165) is 76.0 Å². The van der Waals surface area contributed by atoms with Crippen molar-refractivity contribution in [2.24, 2.45) is 16.2 Å². The largest absolute Gasteiger partial charge is 3.00 e. The first-order valence-electron chi connectivity index (χ1n) is 12.9. The van der Waals surface area contributed by atoms with Crippen molar-refractivity contribution in [1.82, 2.24) is 0 Å². The number of hydrogen-bond acceptors (Lipinski definition) is 6. The van der Waals surface area contributed by atoms with Crippen LogP contribution in [0.3, 0.4) is 0 Å². The average Bonchev–Trinajstić information content (AvgIpc) is 2.65. The van der Waals surface area contributed by atoms with Crippen molar-refractivity contribution in [1.29, 1.82) is 0 Å². The van der Waals surface area contributed by atoms with Crippen LogP contribution in [0.2, 0.25) is 0 Å². The molecule has 0 amide bonds. The summed E-state index contributed by atoms with van der Waals surface area (Å²) in [5, 5.41) is 29.9. The number of hydrogen-bond donors (Lipinski definition) is 0. The van der Waals surface area contributed by atoms with Crippen LogP contribution in [0.4, 0.5) is 0 Å². The van der Waals surface area contributed by atoms with Gasteiger partial charge in [-0.1, -0.05) is 80.5 Å². The maximum Gasteiger partial charge on any atom is 3.00 e. The Kier molecular flexibility index (Phi) is 27.2. The van der Waals surface area contributed by atoms with Gasteiger partial charge in [-0.2, -0.15) is 0 Å². The molecule has 0 saturated heterocycles. The summed E-state index contributed by atoms with van der Waals surface area (Å²) in [4.78, 5) is 29.9. The Bertz CT molecular complexity index is 591. The van der Waals surface area contributed by atoms with E-state index in [-0.39, 0.29) is 26.2 Å². The third-order valence-electron chi connectivity index (χ3n) is 4.65. The van der Waals surface area contributed by atoms with Crippen LogP contribution < -0.4 is 15.3 Å². The van der Waals surface area contributed by atoms with E-state index in [2.05, 4.69) is 62.3 Å². The molecule has 2 radical (unpaired) electrons. The van der Waals surface area contributed by atoms with Crippen LogP contribution in [0.25, 0.3) is 0 Å². The molecule has 0 atom stereocenters. The molecule has 0 aromatic rings. The number of allylic oxidation sites excluding steroid dienone is 3. The standard InChI is InChI=1S/3C10H18O2.Bi/c3*1-10(2,3)8-6-4-5-7-9(11)12;/h3*5,7H,4,6,8H2,1-3H3,(H,11,12);/q;;;+3/p-3. The van der Waals surface area contributed by atoms with Gasteiger partial charge in [0, 0.05) is 0 Å². The molecular formula is C30H51BiO6. The third kappa shape index (κ3) is 56.0. The van der Waals surface area contributed by atoms with Crippen LogP contribution >= 0.6 is 0 Å². The van der Waals surface area contributed by atoms with Gasteiger partial charge >= 0.3 is 26.2 Å². The van der Waals surface area contributed by atoms with E-state index in [1.54, 1.807) is 18.2 Å². The number of carboxylic acids is 3. The second kappa shape index (κ2) is 23.6. The second-order valence-electron chi connectivity index (χ2n) is 12.5. The van der Waals surface area contributed by atoms with E-state index in [0.29, 0.717) is 16.2 Å². The average molecular weight is 717 g/mol. The van der Waals surface area contributed by atoms with E-state index in [1.165, 1.54) is 0 Å². The molecule has 0 unspecified atom stereocenters. The fourth-order valence-electron chi connectivity index (χ4n) is 2.79. The number of carboxylic acid groups (broad SMARTS) is 3. The van der Waals surface area contributed by atoms with Gasteiger partial charge in [0.1, 0.15) is 0 Å². The Labute approximate surface area is 245 Å². The molecule has 7 heteroatoms. The molecule has 0 rings (SSSR count). The molecule has 212 valence electrons.